The summed E-state index contributed by atoms with van der Waals surface area (Å²) >= 11 is 0. The van der Waals surface area contributed by atoms with Gasteiger partial charge in [0.2, 0.25) is 0 Å². The van der Waals surface area contributed by atoms with E-state index < -0.39 is 0 Å². The molecule has 0 unspecified atom stereocenters. The lowest BCUT2D eigenvalue weighted by molar-refractivity contribution is 0.102. The number of carbonyl (C=O) groups is 1. The van der Waals surface area contributed by atoms with E-state index in [2.05, 4.69) is 15.5 Å². The summed E-state index contributed by atoms with van der Waals surface area (Å²) in [5.41, 5.74) is 1.28. The number of hydrogen-bond acceptors (Lipinski definition) is 3. The van der Waals surface area contributed by atoms with Gasteiger partial charge in [0.15, 0.2) is 5.82 Å². The molecule has 0 bridgehead atoms. The molecule has 108 valence electrons. The summed E-state index contributed by atoms with van der Waals surface area (Å²) in [6, 6.07) is 11.3. The van der Waals surface area contributed by atoms with Crippen LogP contribution in [0.15, 0.2) is 40.9 Å². The number of benzene rings is 1. The van der Waals surface area contributed by atoms with Crippen molar-refractivity contribution in [2.75, 3.05) is 5.32 Å². The molecule has 0 atom stereocenters. The highest BCUT2D eigenvalue weighted by molar-refractivity contribution is 6.05. The van der Waals surface area contributed by atoms with Crippen LogP contribution in [0.1, 0.15) is 37.0 Å². The van der Waals surface area contributed by atoms with Crippen LogP contribution in [-0.4, -0.2) is 16.0 Å². The third kappa shape index (κ3) is 2.67. The maximum Gasteiger partial charge on any atom is 0.273 e. The van der Waals surface area contributed by atoms with Crippen LogP contribution in [-0.2, 0) is 5.41 Å². The highest BCUT2D eigenvalue weighted by Gasteiger charge is 2.20. The van der Waals surface area contributed by atoms with Gasteiger partial charge < -0.3 is 14.8 Å². The first-order valence-electron chi connectivity index (χ1n) is 6.80. The molecule has 0 saturated heterocycles. The number of nitrogens with one attached hydrogen (secondary N) is 2. The van der Waals surface area contributed by atoms with E-state index in [0.717, 1.165) is 16.7 Å². The van der Waals surface area contributed by atoms with Gasteiger partial charge in [0.05, 0.1) is 0 Å². The van der Waals surface area contributed by atoms with Gasteiger partial charge in [-0.2, -0.15) is 0 Å². The molecule has 3 aromatic rings. The maximum atomic E-state index is 12.2. The van der Waals surface area contributed by atoms with Gasteiger partial charge in [-0.1, -0.05) is 44.1 Å². The van der Waals surface area contributed by atoms with E-state index in [0.29, 0.717) is 11.5 Å². The third-order valence-corrected chi connectivity index (χ3v) is 3.27. The van der Waals surface area contributed by atoms with Crippen molar-refractivity contribution < 1.29 is 9.32 Å². The Morgan fingerprint density at radius 1 is 1.24 bits per heavy atom. The topological polar surface area (TPSA) is 70.9 Å². The largest absolute Gasteiger partial charge is 0.359 e. The number of aromatic amines is 1. The Labute approximate surface area is 122 Å². The fourth-order valence-corrected chi connectivity index (χ4v) is 2.07. The number of anilines is 1. The quantitative estimate of drug-likeness (QED) is 0.753. The Balaban J connectivity index is 1.81. The van der Waals surface area contributed by atoms with Crippen molar-refractivity contribution in [1.82, 2.24) is 10.1 Å². The van der Waals surface area contributed by atoms with E-state index in [1.165, 1.54) is 0 Å². The Morgan fingerprint density at radius 3 is 2.67 bits per heavy atom. The average Bonchev–Trinajstić information content (AvgIpc) is 3.03. The molecular weight excluding hydrogens is 266 g/mol. The lowest BCUT2D eigenvalue weighted by atomic mass is 9.93. The van der Waals surface area contributed by atoms with E-state index in [9.17, 15) is 4.79 Å². The van der Waals surface area contributed by atoms with Crippen LogP contribution < -0.4 is 5.32 Å². The zero-order chi connectivity index (χ0) is 15.0. The molecule has 1 aromatic carbocycles. The smallest absolute Gasteiger partial charge is 0.273 e. The normalized spacial score (nSPS) is 11.8. The lowest BCUT2D eigenvalue weighted by Gasteiger charge is -2.11. The van der Waals surface area contributed by atoms with Crippen LogP contribution in [0.2, 0.25) is 0 Å². The van der Waals surface area contributed by atoms with Crippen LogP contribution in [0.25, 0.3) is 10.9 Å². The molecule has 3 rings (SSSR count). The van der Waals surface area contributed by atoms with Gasteiger partial charge in [0.1, 0.15) is 11.5 Å². The molecule has 0 aliphatic carbocycles. The molecule has 2 heterocycles. The van der Waals surface area contributed by atoms with E-state index in [-0.39, 0.29) is 11.3 Å². The Bertz CT molecular complexity index is 760. The van der Waals surface area contributed by atoms with Gasteiger partial charge in [-0.25, -0.2) is 0 Å². The molecule has 2 aromatic heterocycles. The van der Waals surface area contributed by atoms with Gasteiger partial charge in [0.25, 0.3) is 5.91 Å². The molecule has 2 N–H and O–H groups in total. The van der Waals surface area contributed by atoms with E-state index >= 15 is 0 Å². The molecule has 0 aliphatic rings. The van der Waals surface area contributed by atoms with Gasteiger partial charge in [-0.15, -0.1) is 0 Å². The second kappa shape index (κ2) is 4.77. The van der Waals surface area contributed by atoms with Gasteiger partial charge in [-0.05, 0) is 12.1 Å². The minimum Gasteiger partial charge on any atom is -0.359 e. The number of amides is 1. The molecule has 0 saturated carbocycles. The van der Waals surface area contributed by atoms with Crippen LogP contribution >= 0.6 is 0 Å². The zero-order valence-electron chi connectivity index (χ0n) is 12.2. The molecule has 5 nitrogen and oxygen atoms in total. The fraction of sp³-hybridized carbons (Fsp3) is 0.250. The standard InChI is InChI=1S/C16H17N3O2/c1-16(2,3)13-9-14(19-21-13)18-15(20)12-8-10-6-4-5-7-11(10)17-12/h4-9,17H,1-3H3,(H,18,19,20). The SMILES string of the molecule is CC(C)(C)c1cc(NC(=O)c2cc3ccccc3[nH]2)no1. The molecular formula is C16H17N3O2. The number of carbonyl (C=O) groups excluding carboxylic acids is 1. The first-order valence-corrected chi connectivity index (χ1v) is 6.80. The van der Waals surface area contributed by atoms with Crippen LogP contribution in [0, 0.1) is 0 Å². The van der Waals surface area contributed by atoms with E-state index in [1.807, 2.05) is 51.1 Å². The molecule has 1 amide bonds. The van der Waals surface area contributed by atoms with Crippen molar-refractivity contribution in [1.29, 1.82) is 0 Å². The van der Waals surface area contributed by atoms with Gasteiger partial charge >= 0.3 is 0 Å². The number of hydrogen-bond donors (Lipinski definition) is 2. The zero-order valence-corrected chi connectivity index (χ0v) is 12.2. The number of H-pyrrole nitrogens is 1. The van der Waals surface area contributed by atoms with Crippen molar-refractivity contribution >= 4 is 22.6 Å². The summed E-state index contributed by atoms with van der Waals surface area (Å²) in [7, 11) is 0. The number of nitrogens with zero attached hydrogens (tertiary/aromatic N) is 1. The van der Waals surface area contributed by atoms with E-state index in [4.69, 9.17) is 4.52 Å². The van der Waals surface area contributed by atoms with E-state index in [1.54, 1.807) is 6.07 Å². The third-order valence-electron chi connectivity index (χ3n) is 3.27. The number of fused-ring (bicyclic) bond motifs is 1. The van der Waals surface area contributed by atoms with Crippen LogP contribution in [0.3, 0.4) is 0 Å². The van der Waals surface area contributed by atoms with Crippen molar-refractivity contribution in [3.63, 3.8) is 0 Å². The summed E-state index contributed by atoms with van der Waals surface area (Å²) in [5, 5.41) is 7.62. The van der Waals surface area contributed by atoms with Crippen molar-refractivity contribution in [2.45, 2.75) is 26.2 Å². The number of rotatable bonds is 2. The Hall–Kier alpha value is -2.56. The Kier molecular flexibility index (Phi) is 3.05. The minimum absolute atomic E-state index is 0.142. The second-order valence-electron chi connectivity index (χ2n) is 6.05. The van der Waals surface area contributed by atoms with Gasteiger partial charge in [0, 0.05) is 22.4 Å². The summed E-state index contributed by atoms with van der Waals surface area (Å²) in [6.45, 7) is 6.07. The van der Waals surface area contributed by atoms with Crippen molar-refractivity contribution in [3.05, 3.63) is 47.9 Å². The first-order chi connectivity index (χ1) is 9.93. The predicted octanol–water partition coefficient (Wildman–Crippen LogP) is 3.71. The Morgan fingerprint density at radius 2 is 2.00 bits per heavy atom. The van der Waals surface area contributed by atoms with Crippen LogP contribution in [0.5, 0.6) is 0 Å². The number of aromatic nitrogens is 2. The summed E-state index contributed by atoms with van der Waals surface area (Å²) in [4.78, 5) is 15.3. The number of para-hydroxylation sites is 1. The highest BCUT2D eigenvalue weighted by atomic mass is 16.5. The molecule has 0 radical (unpaired) electrons. The first kappa shape index (κ1) is 13.4. The molecule has 21 heavy (non-hydrogen) atoms. The molecule has 5 heteroatoms. The van der Waals surface area contributed by atoms with Crippen molar-refractivity contribution in [2.24, 2.45) is 0 Å². The lowest BCUT2D eigenvalue weighted by Crippen LogP contribution is -2.12. The molecule has 0 fully saturated rings. The van der Waals surface area contributed by atoms with Crippen molar-refractivity contribution in [3.8, 4) is 0 Å². The fourth-order valence-electron chi connectivity index (χ4n) is 2.07. The average molecular weight is 283 g/mol. The maximum absolute atomic E-state index is 12.2. The monoisotopic (exact) mass is 283 g/mol. The summed E-state index contributed by atoms with van der Waals surface area (Å²) in [5.74, 6) is 0.915. The molecule has 0 spiro atoms. The predicted molar refractivity (Wildman–Crippen MR) is 81.5 cm³/mol. The highest BCUT2D eigenvalue weighted by Crippen LogP contribution is 2.24. The summed E-state index contributed by atoms with van der Waals surface area (Å²) in [6.07, 6.45) is 0. The minimum atomic E-state index is -0.236. The molecule has 0 aliphatic heterocycles. The second-order valence-corrected chi connectivity index (χ2v) is 6.05. The van der Waals surface area contributed by atoms with Crippen LogP contribution in [0.4, 0.5) is 5.82 Å². The summed E-state index contributed by atoms with van der Waals surface area (Å²) < 4.78 is 5.25. The van der Waals surface area contributed by atoms with Gasteiger partial charge in [-0.3, -0.25) is 4.79 Å².